The van der Waals surface area contributed by atoms with Crippen molar-refractivity contribution in [2.24, 2.45) is 0 Å². The summed E-state index contributed by atoms with van der Waals surface area (Å²) in [5, 5.41) is 6.23. The quantitative estimate of drug-likeness (QED) is 0.556. The summed E-state index contributed by atoms with van der Waals surface area (Å²) in [5.74, 6) is 0.161. The number of carbonyl (C=O) groups excluding carboxylic acids is 1. The largest absolute Gasteiger partial charge is 0.356 e. The normalized spacial score (nSPS) is 10.1. The highest BCUT2D eigenvalue weighted by Gasteiger charge is 1.94. The van der Waals surface area contributed by atoms with Crippen molar-refractivity contribution in [1.29, 1.82) is 0 Å². The lowest BCUT2D eigenvalue weighted by atomic mass is 10.2. The van der Waals surface area contributed by atoms with Crippen LogP contribution in [0.5, 0.6) is 0 Å². The summed E-state index contributed by atoms with van der Waals surface area (Å²) in [7, 11) is 0. The maximum atomic E-state index is 10.9. The van der Waals surface area contributed by atoms with Gasteiger partial charge in [-0.2, -0.15) is 0 Å². The molecule has 0 aromatic rings. The average molecular weight is 200 g/mol. The molecule has 3 nitrogen and oxygen atoms in total. The van der Waals surface area contributed by atoms with Gasteiger partial charge in [0, 0.05) is 13.0 Å². The monoisotopic (exact) mass is 200 g/mol. The van der Waals surface area contributed by atoms with Crippen LogP contribution in [0.1, 0.15) is 46.0 Å². The molecule has 0 bridgehead atoms. The van der Waals surface area contributed by atoms with Crippen LogP contribution in [0.15, 0.2) is 0 Å². The van der Waals surface area contributed by atoms with Crippen molar-refractivity contribution in [3.8, 4) is 0 Å². The topological polar surface area (TPSA) is 41.1 Å². The Morgan fingerprint density at radius 3 is 2.36 bits per heavy atom. The highest BCUT2D eigenvalue weighted by molar-refractivity contribution is 5.75. The lowest BCUT2D eigenvalue weighted by Gasteiger charge is -2.04. The molecular formula is C11H24N2O. The molecule has 84 valence electrons. The van der Waals surface area contributed by atoms with Crippen molar-refractivity contribution in [2.45, 2.75) is 46.0 Å². The second kappa shape index (κ2) is 10.5. The molecule has 0 rings (SSSR count). The zero-order chi connectivity index (χ0) is 10.6. The third-order valence-electron chi connectivity index (χ3n) is 2.10. The molecule has 1 amide bonds. The SMILES string of the molecule is CCCNCCCCCNC(=O)CC. The second-order valence-corrected chi connectivity index (χ2v) is 3.51. The maximum absolute atomic E-state index is 10.9. The molecule has 14 heavy (non-hydrogen) atoms. The molecule has 0 atom stereocenters. The Labute approximate surface area is 87.6 Å². The first kappa shape index (κ1) is 13.4. The van der Waals surface area contributed by atoms with Crippen LogP contribution < -0.4 is 10.6 Å². The zero-order valence-corrected chi connectivity index (χ0v) is 9.57. The van der Waals surface area contributed by atoms with Gasteiger partial charge in [-0.1, -0.05) is 20.3 Å². The van der Waals surface area contributed by atoms with E-state index in [1.54, 1.807) is 0 Å². The van der Waals surface area contributed by atoms with Gasteiger partial charge in [0.1, 0.15) is 0 Å². The van der Waals surface area contributed by atoms with Crippen molar-refractivity contribution in [2.75, 3.05) is 19.6 Å². The van der Waals surface area contributed by atoms with Gasteiger partial charge in [-0.3, -0.25) is 4.79 Å². The number of carbonyl (C=O) groups is 1. The van der Waals surface area contributed by atoms with E-state index in [2.05, 4.69) is 17.6 Å². The van der Waals surface area contributed by atoms with Crippen LogP contribution in [0.2, 0.25) is 0 Å². The van der Waals surface area contributed by atoms with Crippen LogP contribution in [0, 0.1) is 0 Å². The molecule has 0 saturated heterocycles. The summed E-state index contributed by atoms with van der Waals surface area (Å²) in [5.41, 5.74) is 0. The zero-order valence-electron chi connectivity index (χ0n) is 9.57. The highest BCUT2D eigenvalue weighted by Crippen LogP contribution is 1.92. The van der Waals surface area contributed by atoms with Crippen LogP contribution in [0.3, 0.4) is 0 Å². The molecule has 0 aliphatic rings. The van der Waals surface area contributed by atoms with Crippen LogP contribution in [-0.4, -0.2) is 25.5 Å². The van der Waals surface area contributed by atoms with Crippen LogP contribution in [0.4, 0.5) is 0 Å². The van der Waals surface area contributed by atoms with E-state index in [-0.39, 0.29) is 5.91 Å². The summed E-state index contributed by atoms with van der Waals surface area (Å²) in [6.07, 6.45) is 5.30. The van der Waals surface area contributed by atoms with E-state index < -0.39 is 0 Å². The Morgan fingerprint density at radius 2 is 1.71 bits per heavy atom. The first-order valence-corrected chi connectivity index (χ1v) is 5.78. The van der Waals surface area contributed by atoms with Gasteiger partial charge in [0.05, 0.1) is 0 Å². The summed E-state index contributed by atoms with van der Waals surface area (Å²) < 4.78 is 0. The molecule has 0 radical (unpaired) electrons. The standard InChI is InChI=1S/C11H24N2O/c1-3-8-12-9-6-5-7-10-13-11(14)4-2/h12H,3-10H2,1-2H3,(H,13,14). The minimum atomic E-state index is 0.161. The predicted molar refractivity (Wildman–Crippen MR) is 60.3 cm³/mol. The fourth-order valence-electron chi connectivity index (χ4n) is 1.21. The van der Waals surface area contributed by atoms with Gasteiger partial charge in [0.2, 0.25) is 5.91 Å². The van der Waals surface area contributed by atoms with Crippen LogP contribution >= 0.6 is 0 Å². The first-order valence-electron chi connectivity index (χ1n) is 5.78. The lowest BCUT2D eigenvalue weighted by Crippen LogP contribution is -2.23. The molecular weight excluding hydrogens is 176 g/mol. The number of hydrogen-bond donors (Lipinski definition) is 2. The van der Waals surface area contributed by atoms with Gasteiger partial charge < -0.3 is 10.6 Å². The Hall–Kier alpha value is -0.570. The molecule has 2 N–H and O–H groups in total. The van der Waals surface area contributed by atoms with E-state index >= 15 is 0 Å². The van der Waals surface area contributed by atoms with E-state index in [0.29, 0.717) is 6.42 Å². The average Bonchev–Trinajstić information content (AvgIpc) is 2.21. The molecule has 0 unspecified atom stereocenters. The number of rotatable bonds is 9. The Bertz CT molecular complexity index is 137. The van der Waals surface area contributed by atoms with Crippen molar-refractivity contribution in [3.05, 3.63) is 0 Å². The predicted octanol–water partition coefficient (Wildman–Crippen LogP) is 1.68. The smallest absolute Gasteiger partial charge is 0.219 e. The Kier molecular flexibility index (Phi) is 10.1. The summed E-state index contributed by atoms with van der Waals surface area (Å²) in [6.45, 7) is 7.11. The van der Waals surface area contributed by atoms with Gasteiger partial charge in [-0.25, -0.2) is 0 Å². The fraction of sp³-hybridized carbons (Fsp3) is 0.909. The molecule has 0 aromatic carbocycles. The van der Waals surface area contributed by atoms with E-state index in [1.165, 1.54) is 19.3 Å². The number of amides is 1. The van der Waals surface area contributed by atoms with E-state index in [4.69, 9.17) is 0 Å². The van der Waals surface area contributed by atoms with Crippen molar-refractivity contribution in [1.82, 2.24) is 10.6 Å². The third-order valence-corrected chi connectivity index (χ3v) is 2.10. The molecule has 3 heteroatoms. The van der Waals surface area contributed by atoms with E-state index in [9.17, 15) is 4.79 Å². The minimum Gasteiger partial charge on any atom is -0.356 e. The van der Waals surface area contributed by atoms with E-state index in [0.717, 1.165) is 26.1 Å². The van der Waals surface area contributed by atoms with Gasteiger partial charge in [-0.15, -0.1) is 0 Å². The first-order chi connectivity index (χ1) is 6.81. The number of nitrogens with one attached hydrogen (secondary N) is 2. The van der Waals surface area contributed by atoms with Crippen LogP contribution in [-0.2, 0) is 4.79 Å². The second-order valence-electron chi connectivity index (χ2n) is 3.51. The summed E-state index contributed by atoms with van der Waals surface area (Å²) in [6, 6.07) is 0. The number of hydrogen-bond acceptors (Lipinski definition) is 2. The van der Waals surface area contributed by atoms with Crippen molar-refractivity contribution in [3.63, 3.8) is 0 Å². The fourth-order valence-corrected chi connectivity index (χ4v) is 1.21. The van der Waals surface area contributed by atoms with Gasteiger partial charge in [-0.05, 0) is 32.4 Å². The van der Waals surface area contributed by atoms with Gasteiger partial charge in [0.15, 0.2) is 0 Å². The summed E-state index contributed by atoms with van der Waals surface area (Å²) in [4.78, 5) is 10.9. The van der Waals surface area contributed by atoms with Crippen molar-refractivity contribution < 1.29 is 4.79 Å². The molecule has 0 heterocycles. The Balaban J connectivity index is 2.95. The third kappa shape index (κ3) is 9.52. The highest BCUT2D eigenvalue weighted by atomic mass is 16.1. The molecule has 0 saturated carbocycles. The minimum absolute atomic E-state index is 0.161. The molecule has 0 aliphatic heterocycles. The van der Waals surface area contributed by atoms with Crippen LogP contribution in [0.25, 0.3) is 0 Å². The van der Waals surface area contributed by atoms with E-state index in [1.807, 2.05) is 6.92 Å². The summed E-state index contributed by atoms with van der Waals surface area (Å²) >= 11 is 0. The molecule has 0 fully saturated rings. The van der Waals surface area contributed by atoms with Gasteiger partial charge in [0.25, 0.3) is 0 Å². The number of unbranched alkanes of at least 4 members (excludes halogenated alkanes) is 2. The van der Waals surface area contributed by atoms with Gasteiger partial charge >= 0.3 is 0 Å². The molecule has 0 aromatic heterocycles. The molecule has 0 aliphatic carbocycles. The lowest BCUT2D eigenvalue weighted by molar-refractivity contribution is -0.120. The van der Waals surface area contributed by atoms with Crippen molar-refractivity contribution >= 4 is 5.91 Å². The Morgan fingerprint density at radius 1 is 1.00 bits per heavy atom. The maximum Gasteiger partial charge on any atom is 0.219 e. The molecule has 0 spiro atoms.